The summed E-state index contributed by atoms with van der Waals surface area (Å²) in [5, 5.41) is 3.60. The average Bonchev–Trinajstić information content (AvgIpc) is 2.89. The fraction of sp³-hybridized carbons (Fsp3) is 0.286. The molecule has 10 heteroatoms. The van der Waals surface area contributed by atoms with Crippen LogP contribution in [0, 0.1) is 5.92 Å². The Morgan fingerprint density at radius 2 is 1.55 bits per heavy atom. The van der Waals surface area contributed by atoms with Gasteiger partial charge >= 0.3 is 0 Å². The van der Waals surface area contributed by atoms with Crippen LogP contribution >= 0.6 is 23.2 Å². The molecule has 202 valence electrons. The molecular formula is C28H31Cl2N3O4S. The largest absolute Gasteiger partial charge is 0.354 e. The van der Waals surface area contributed by atoms with Crippen LogP contribution in [0.4, 0.5) is 5.69 Å². The smallest absolute Gasteiger partial charge is 0.264 e. The monoisotopic (exact) mass is 575 g/mol. The predicted octanol–water partition coefficient (Wildman–Crippen LogP) is 5.38. The first kappa shape index (κ1) is 29.5. The van der Waals surface area contributed by atoms with E-state index in [9.17, 15) is 18.0 Å². The molecule has 7 nitrogen and oxygen atoms in total. The van der Waals surface area contributed by atoms with Gasteiger partial charge in [0, 0.05) is 23.1 Å². The minimum atomic E-state index is -4.15. The van der Waals surface area contributed by atoms with Crippen LogP contribution in [0.3, 0.4) is 0 Å². The Balaban J connectivity index is 2.01. The van der Waals surface area contributed by atoms with Gasteiger partial charge in [-0.15, -0.1) is 0 Å². The highest BCUT2D eigenvalue weighted by Gasteiger charge is 2.32. The Labute approximate surface area is 234 Å². The quantitative estimate of drug-likeness (QED) is 0.332. The zero-order valence-corrected chi connectivity index (χ0v) is 23.8. The minimum Gasteiger partial charge on any atom is -0.354 e. The van der Waals surface area contributed by atoms with Gasteiger partial charge < -0.3 is 10.2 Å². The van der Waals surface area contributed by atoms with E-state index in [1.807, 2.05) is 13.8 Å². The van der Waals surface area contributed by atoms with E-state index in [4.69, 9.17) is 23.2 Å². The second-order valence-corrected chi connectivity index (χ2v) is 11.9. The van der Waals surface area contributed by atoms with Crippen molar-refractivity contribution < 1.29 is 18.0 Å². The molecule has 1 N–H and O–H groups in total. The van der Waals surface area contributed by atoms with Crippen LogP contribution in [0.2, 0.25) is 10.0 Å². The third kappa shape index (κ3) is 7.49. The summed E-state index contributed by atoms with van der Waals surface area (Å²) in [6.07, 6.45) is 0. The lowest BCUT2D eigenvalue weighted by molar-refractivity contribution is -0.139. The molecule has 2 amide bonds. The summed E-state index contributed by atoms with van der Waals surface area (Å²) in [5.41, 5.74) is 0.857. The number of benzene rings is 3. The first-order valence-electron chi connectivity index (χ1n) is 12.1. The van der Waals surface area contributed by atoms with Gasteiger partial charge in [-0.05, 0) is 54.8 Å². The van der Waals surface area contributed by atoms with E-state index in [-0.39, 0.29) is 29.0 Å². The summed E-state index contributed by atoms with van der Waals surface area (Å²) in [7, 11) is -4.15. The third-order valence-corrected chi connectivity index (χ3v) is 8.25. The van der Waals surface area contributed by atoms with Crippen LogP contribution in [0.5, 0.6) is 0 Å². The zero-order chi connectivity index (χ0) is 27.9. The van der Waals surface area contributed by atoms with Crippen LogP contribution in [-0.2, 0) is 26.2 Å². The number of nitrogens with one attached hydrogen (secondary N) is 1. The fourth-order valence-electron chi connectivity index (χ4n) is 3.72. The summed E-state index contributed by atoms with van der Waals surface area (Å²) in [6, 6.07) is 20.2. The molecule has 0 radical (unpaired) electrons. The number of rotatable bonds is 11. The van der Waals surface area contributed by atoms with Crippen molar-refractivity contribution in [3.63, 3.8) is 0 Å². The SMILES string of the molecule is CC(C)CNC(=O)[C@H](C)N(Cc1ccccc1Cl)C(=O)CN(c1cccc(Cl)c1)S(=O)(=O)c1ccccc1. The van der Waals surface area contributed by atoms with Crippen molar-refractivity contribution in [2.45, 2.75) is 38.3 Å². The minimum absolute atomic E-state index is 0.0174. The van der Waals surface area contributed by atoms with Gasteiger partial charge in [-0.3, -0.25) is 13.9 Å². The molecule has 0 heterocycles. The molecular weight excluding hydrogens is 545 g/mol. The first-order chi connectivity index (χ1) is 18.0. The topological polar surface area (TPSA) is 86.8 Å². The van der Waals surface area contributed by atoms with Crippen molar-refractivity contribution in [3.05, 3.63) is 94.5 Å². The highest BCUT2D eigenvalue weighted by Crippen LogP contribution is 2.27. The molecule has 3 aromatic rings. The molecule has 0 aliphatic rings. The molecule has 0 aliphatic carbocycles. The molecule has 38 heavy (non-hydrogen) atoms. The molecule has 0 fully saturated rings. The Morgan fingerprint density at radius 1 is 0.895 bits per heavy atom. The van der Waals surface area contributed by atoms with Gasteiger partial charge in [0.25, 0.3) is 10.0 Å². The molecule has 1 atom stereocenters. The van der Waals surface area contributed by atoms with Crippen LogP contribution in [0.1, 0.15) is 26.3 Å². The van der Waals surface area contributed by atoms with Crippen LogP contribution in [-0.4, -0.2) is 44.3 Å². The standard InChI is InChI=1S/C28H31Cl2N3O4S/c1-20(2)17-31-28(35)21(3)32(18-22-10-7-8-15-26(22)30)27(34)19-33(24-12-9-11-23(29)16-24)38(36,37)25-13-5-4-6-14-25/h4-16,20-21H,17-19H2,1-3H3,(H,31,35)/t21-/m0/s1. The second-order valence-electron chi connectivity index (χ2n) is 9.23. The predicted molar refractivity (Wildman–Crippen MR) is 152 cm³/mol. The van der Waals surface area contributed by atoms with E-state index in [2.05, 4.69) is 5.32 Å². The molecule has 3 rings (SSSR count). The normalized spacial score (nSPS) is 12.2. The molecule has 0 bridgehead atoms. The lowest BCUT2D eigenvalue weighted by atomic mass is 10.1. The molecule has 0 saturated carbocycles. The molecule has 0 aromatic heterocycles. The van der Waals surface area contributed by atoms with Gasteiger partial charge in [-0.1, -0.05) is 79.5 Å². The van der Waals surface area contributed by atoms with E-state index in [0.717, 1.165) is 4.31 Å². The van der Waals surface area contributed by atoms with Crippen molar-refractivity contribution in [1.29, 1.82) is 0 Å². The van der Waals surface area contributed by atoms with Crippen molar-refractivity contribution >= 4 is 50.7 Å². The van der Waals surface area contributed by atoms with E-state index in [0.29, 0.717) is 22.2 Å². The second kappa shape index (κ2) is 13.1. The van der Waals surface area contributed by atoms with E-state index in [1.165, 1.54) is 23.1 Å². The summed E-state index contributed by atoms with van der Waals surface area (Å²) in [6.45, 7) is 5.45. The molecule has 0 spiro atoms. The van der Waals surface area contributed by atoms with Crippen LogP contribution in [0.25, 0.3) is 0 Å². The number of halogens is 2. The number of carbonyl (C=O) groups excluding carboxylic acids is 2. The maximum absolute atomic E-state index is 13.9. The van der Waals surface area contributed by atoms with E-state index in [1.54, 1.807) is 67.6 Å². The molecule has 0 saturated heterocycles. The molecule has 0 aliphatic heterocycles. The van der Waals surface area contributed by atoms with E-state index >= 15 is 0 Å². The lowest BCUT2D eigenvalue weighted by Crippen LogP contribution is -2.51. The van der Waals surface area contributed by atoms with Crippen LogP contribution in [0.15, 0.2) is 83.8 Å². The zero-order valence-electron chi connectivity index (χ0n) is 21.5. The van der Waals surface area contributed by atoms with Gasteiger partial charge in [0.2, 0.25) is 11.8 Å². The summed E-state index contributed by atoms with van der Waals surface area (Å²) in [5.74, 6) is -0.705. The Kier molecular flexibility index (Phi) is 10.2. The Bertz CT molecular complexity index is 1370. The van der Waals surface area contributed by atoms with Crippen molar-refractivity contribution in [1.82, 2.24) is 10.2 Å². The molecule has 0 unspecified atom stereocenters. The van der Waals surface area contributed by atoms with Crippen molar-refractivity contribution in [3.8, 4) is 0 Å². The molecule has 3 aromatic carbocycles. The summed E-state index contributed by atoms with van der Waals surface area (Å²) in [4.78, 5) is 28.2. The van der Waals surface area contributed by atoms with Crippen molar-refractivity contribution in [2.75, 3.05) is 17.4 Å². The third-order valence-electron chi connectivity index (χ3n) is 5.86. The van der Waals surface area contributed by atoms with Gasteiger partial charge in [0.05, 0.1) is 10.6 Å². The fourth-order valence-corrected chi connectivity index (χ4v) is 5.53. The number of carbonyl (C=O) groups is 2. The van der Waals surface area contributed by atoms with Gasteiger partial charge in [-0.2, -0.15) is 0 Å². The number of sulfonamides is 1. The Morgan fingerprint density at radius 3 is 2.18 bits per heavy atom. The Hall–Kier alpha value is -3.07. The van der Waals surface area contributed by atoms with Crippen molar-refractivity contribution in [2.24, 2.45) is 5.92 Å². The van der Waals surface area contributed by atoms with Gasteiger partial charge in [0.15, 0.2) is 0 Å². The number of nitrogens with zero attached hydrogens (tertiary/aromatic N) is 2. The maximum atomic E-state index is 13.9. The number of hydrogen-bond donors (Lipinski definition) is 1. The van der Waals surface area contributed by atoms with Gasteiger partial charge in [0.1, 0.15) is 12.6 Å². The van der Waals surface area contributed by atoms with Gasteiger partial charge in [-0.25, -0.2) is 8.42 Å². The van der Waals surface area contributed by atoms with E-state index < -0.39 is 28.5 Å². The number of hydrogen-bond acceptors (Lipinski definition) is 4. The highest BCUT2D eigenvalue weighted by molar-refractivity contribution is 7.92. The maximum Gasteiger partial charge on any atom is 0.264 e. The summed E-state index contributed by atoms with van der Waals surface area (Å²) < 4.78 is 28.4. The average molecular weight is 577 g/mol. The lowest BCUT2D eigenvalue weighted by Gasteiger charge is -2.32. The highest BCUT2D eigenvalue weighted by atomic mass is 35.5. The number of anilines is 1. The number of amides is 2. The summed E-state index contributed by atoms with van der Waals surface area (Å²) >= 11 is 12.5. The first-order valence-corrected chi connectivity index (χ1v) is 14.3. The van der Waals surface area contributed by atoms with Crippen LogP contribution < -0.4 is 9.62 Å².